The second kappa shape index (κ2) is 6.08. The van der Waals surface area contributed by atoms with Gasteiger partial charge in [0.25, 0.3) is 0 Å². The lowest BCUT2D eigenvalue weighted by molar-refractivity contribution is 0.315. The molecule has 3 rings (SSSR count). The molecule has 0 saturated carbocycles. The van der Waals surface area contributed by atoms with Crippen LogP contribution in [0.4, 0.5) is 0 Å². The zero-order chi connectivity index (χ0) is 14.7. The Morgan fingerprint density at radius 2 is 1.81 bits per heavy atom. The quantitative estimate of drug-likeness (QED) is 0.781. The Balaban J connectivity index is 1.66. The van der Waals surface area contributed by atoms with E-state index in [9.17, 15) is 0 Å². The molecule has 0 radical (unpaired) electrons. The summed E-state index contributed by atoms with van der Waals surface area (Å²) < 4.78 is 2.05. The van der Waals surface area contributed by atoms with E-state index in [1.165, 1.54) is 11.1 Å². The van der Waals surface area contributed by atoms with Gasteiger partial charge < -0.3 is 10.1 Å². The van der Waals surface area contributed by atoms with Crippen LogP contribution >= 0.6 is 0 Å². The SMILES string of the molecule is CN(Cc1ccc(CN)cc1)Cc1cn2ccccc2n1. The summed E-state index contributed by atoms with van der Waals surface area (Å²) in [6, 6.07) is 14.5. The summed E-state index contributed by atoms with van der Waals surface area (Å²) in [5, 5.41) is 0. The molecular weight excluding hydrogens is 260 g/mol. The molecule has 0 aliphatic rings. The molecule has 0 aliphatic carbocycles. The number of rotatable bonds is 5. The number of aromatic nitrogens is 2. The van der Waals surface area contributed by atoms with Gasteiger partial charge in [-0.15, -0.1) is 0 Å². The van der Waals surface area contributed by atoms with Gasteiger partial charge in [-0.05, 0) is 30.3 Å². The molecule has 4 nitrogen and oxygen atoms in total. The monoisotopic (exact) mass is 280 g/mol. The molecule has 0 atom stereocenters. The Bertz CT molecular complexity index is 682. The van der Waals surface area contributed by atoms with Crippen LogP contribution in [0, 0.1) is 0 Å². The smallest absolute Gasteiger partial charge is 0.137 e. The molecule has 1 aromatic carbocycles. The lowest BCUT2D eigenvalue weighted by atomic mass is 10.1. The van der Waals surface area contributed by atoms with Crippen molar-refractivity contribution in [2.45, 2.75) is 19.6 Å². The fourth-order valence-electron chi connectivity index (χ4n) is 2.49. The molecule has 0 bridgehead atoms. The third-order valence-electron chi connectivity index (χ3n) is 3.56. The van der Waals surface area contributed by atoms with Crippen LogP contribution in [0.2, 0.25) is 0 Å². The van der Waals surface area contributed by atoms with Crippen LogP contribution in [0.5, 0.6) is 0 Å². The molecule has 4 heteroatoms. The first-order valence-electron chi connectivity index (χ1n) is 7.13. The normalized spacial score (nSPS) is 11.4. The molecule has 3 aromatic rings. The summed E-state index contributed by atoms with van der Waals surface area (Å²) in [6.45, 7) is 2.33. The van der Waals surface area contributed by atoms with Gasteiger partial charge in [-0.3, -0.25) is 4.90 Å². The van der Waals surface area contributed by atoms with E-state index in [4.69, 9.17) is 5.73 Å². The average Bonchev–Trinajstić information content (AvgIpc) is 2.90. The Hall–Kier alpha value is -2.17. The first-order chi connectivity index (χ1) is 10.2. The van der Waals surface area contributed by atoms with E-state index in [2.05, 4.69) is 51.8 Å². The van der Waals surface area contributed by atoms with Crippen molar-refractivity contribution in [1.82, 2.24) is 14.3 Å². The molecule has 0 amide bonds. The predicted molar refractivity (Wildman–Crippen MR) is 84.7 cm³/mol. The van der Waals surface area contributed by atoms with Gasteiger partial charge in [-0.2, -0.15) is 0 Å². The lowest BCUT2D eigenvalue weighted by Crippen LogP contribution is -2.17. The summed E-state index contributed by atoms with van der Waals surface area (Å²) in [5.41, 5.74) is 10.2. The van der Waals surface area contributed by atoms with Crippen molar-refractivity contribution >= 4 is 5.65 Å². The lowest BCUT2D eigenvalue weighted by Gasteiger charge is -2.15. The number of nitrogens with zero attached hydrogens (tertiary/aromatic N) is 3. The van der Waals surface area contributed by atoms with Gasteiger partial charge in [0, 0.05) is 32.0 Å². The molecule has 0 aliphatic heterocycles. The van der Waals surface area contributed by atoms with Gasteiger partial charge in [0.05, 0.1) is 5.69 Å². The predicted octanol–water partition coefficient (Wildman–Crippen LogP) is 2.43. The Labute approximate surface area is 124 Å². The van der Waals surface area contributed by atoms with Gasteiger partial charge in [0.15, 0.2) is 0 Å². The Morgan fingerprint density at radius 3 is 2.52 bits per heavy atom. The summed E-state index contributed by atoms with van der Waals surface area (Å²) in [7, 11) is 2.11. The number of hydrogen-bond donors (Lipinski definition) is 1. The van der Waals surface area contributed by atoms with Gasteiger partial charge >= 0.3 is 0 Å². The molecule has 2 aromatic heterocycles. The molecule has 2 N–H and O–H groups in total. The third kappa shape index (κ3) is 3.29. The van der Waals surface area contributed by atoms with Crippen LogP contribution in [0.25, 0.3) is 5.65 Å². The van der Waals surface area contributed by atoms with E-state index < -0.39 is 0 Å². The van der Waals surface area contributed by atoms with E-state index in [0.29, 0.717) is 6.54 Å². The van der Waals surface area contributed by atoms with Crippen LogP contribution in [0.1, 0.15) is 16.8 Å². The fourth-order valence-corrected chi connectivity index (χ4v) is 2.49. The second-order valence-electron chi connectivity index (χ2n) is 5.39. The van der Waals surface area contributed by atoms with Crippen molar-refractivity contribution < 1.29 is 0 Å². The first kappa shape index (κ1) is 13.8. The molecule has 0 fully saturated rings. The van der Waals surface area contributed by atoms with E-state index in [1.54, 1.807) is 0 Å². The molecule has 2 heterocycles. The van der Waals surface area contributed by atoms with Crippen LogP contribution in [0.15, 0.2) is 54.9 Å². The highest BCUT2D eigenvalue weighted by atomic mass is 15.1. The van der Waals surface area contributed by atoms with Gasteiger partial charge in [0.2, 0.25) is 0 Å². The van der Waals surface area contributed by atoms with E-state index >= 15 is 0 Å². The van der Waals surface area contributed by atoms with Crippen LogP contribution in [0.3, 0.4) is 0 Å². The Kier molecular flexibility index (Phi) is 3.99. The van der Waals surface area contributed by atoms with Crippen LogP contribution in [-0.2, 0) is 19.6 Å². The number of nitrogens with two attached hydrogens (primary N) is 1. The molecule has 21 heavy (non-hydrogen) atoms. The minimum absolute atomic E-state index is 0.595. The highest BCUT2D eigenvalue weighted by Crippen LogP contribution is 2.10. The molecule has 0 saturated heterocycles. The van der Waals surface area contributed by atoms with Crippen molar-refractivity contribution in [3.8, 4) is 0 Å². The standard InChI is InChI=1S/C17H20N4/c1-20(11-15-7-5-14(10-18)6-8-15)12-16-13-21-9-3-2-4-17(21)19-16/h2-9,13H,10-12,18H2,1H3. The molecule has 0 spiro atoms. The number of pyridine rings is 1. The van der Waals surface area contributed by atoms with E-state index in [-0.39, 0.29) is 0 Å². The van der Waals surface area contributed by atoms with Crippen LogP contribution in [-0.4, -0.2) is 21.3 Å². The van der Waals surface area contributed by atoms with Crippen molar-refractivity contribution in [1.29, 1.82) is 0 Å². The number of imidazole rings is 1. The van der Waals surface area contributed by atoms with Crippen molar-refractivity contribution in [3.63, 3.8) is 0 Å². The summed E-state index contributed by atoms with van der Waals surface area (Å²) >= 11 is 0. The zero-order valence-corrected chi connectivity index (χ0v) is 12.2. The van der Waals surface area contributed by atoms with Gasteiger partial charge in [0.1, 0.15) is 5.65 Å². The maximum atomic E-state index is 5.62. The zero-order valence-electron chi connectivity index (χ0n) is 12.2. The minimum atomic E-state index is 0.595. The minimum Gasteiger partial charge on any atom is -0.326 e. The Morgan fingerprint density at radius 1 is 1.05 bits per heavy atom. The average molecular weight is 280 g/mol. The maximum absolute atomic E-state index is 5.62. The highest BCUT2D eigenvalue weighted by molar-refractivity contribution is 5.39. The highest BCUT2D eigenvalue weighted by Gasteiger charge is 2.05. The molecular formula is C17H20N4. The number of fused-ring (bicyclic) bond motifs is 1. The van der Waals surface area contributed by atoms with Crippen LogP contribution < -0.4 is 5.73 Å². The molecule has 0 unspecified atom stereocenters. The van der Waals surface area contributed by atoms with Crippen molar-refractivity contribution in [2.24, 2.45) is 5.73 Å². The maximum Gasteiger partial charge on any atom is 0.137 e. The van der Waals surface area contributed by atoms with Crippen molar-refractivity contribution in [2.75, 3.05) is 7.05 Å². The second-order valence-corrected chi connectivity index (χ2v) is 5.39. The summed E-state index contributed by atoms with van der Waals surface area (Å²) in [4.78, 5) is 6.89. The largest absolute Gasteiger partial charge is 0.326 e. The summed E-state index contributed by atoms with van der Waals surface area (Å²) in [5.74, 6) is 0. The first-order valence-corrected chi connectivity index (χ1v) is 7.13. The van der Waals surface area contributed by atoms with Gasteiger partial charge in [-0.1, -0.05) is 30.3 Å². The molecule has 108 valence electrons. The topological polar surface area (TPSA) is 46.6 Å². The third-order valence-corrected chi connectivity index (χ3v) is 3.56. The number of hydrogen-bond acceptors (Lipinski definition) is 3. The van der Waals surface area contributed by atoms with Crippen molar-refractivity contribution in [3.05, 3.63) is 71.7 Å². The fraction of sp³-hybridized carbons (Fsp3) is 0.235. The number of benzene rings is 1. The van der Waals surface area contributed by atoms with Gasteiger partial charge in [-0.25, -0.2) is 4.98 Å². The van der Waals surface area contributed by atoms with E-state index in [1.807, 2.05) is 24.4 Å². The summed E-state index contributed by atoms with van der Waals surface area (Å²) in [6.07, 6.45) is 4.11. The van der Waals surface area contributed by atoms with E-state index in [0.717, 1.165) is 24.4 Å².